The topological polar surface area (TPSA) is 118 Å². The van der Waals surface area contributed by atoms with Crippen LogP contribution in [0.5, 0.6) is 0 Å². The van der Waals surface area contributed by atoms with E-state index in [1.165, 1.54) is 10.8 Å². The Kier molecular flexibility index (Phi) is 7.34. The van der Waals surface area contributed by atoms with Crippen LogP contribution in [0.15, 0.2) is 85.7 Å². The molecule has 8 heterocycles. The minimum Gasteiger partial charge on any atom is -0.393 e. The molecule has 1 aliphatic carbocycles. The number of imidazole rings is 2. The standard InChI is InChI=1S/C19H19N5OS.C13H7ClN4S/c25-14-3-1-13(2-4-14)22-18-5-6-19-21-10-15(24(19)23-18)16-9-12-7-8-20-11-17(12)26-16;14-12-1-2-13-16-6-9(18(13)17-12)10-5-8-3-4-15-7-11(8)19-10/h5-11,13-14,25H,1-4H2,(H,22,23);1-7H. The van der Waals surface area contributed by atoms with Gasteiger partial charge in [-0.1, -0.05) is 11.6 Å². The fraction of sp³-hybridized carbons (Fsp3) is 0.188. The molecule has 0 saturated heterocycles. The van der Waals surface area contributed by atoms with Gasteiger partial charge in [0.2, 0.25) is 0 Å². The van der Waals surface area contributed by atoms with Crippen LogP contribution in [-0.4, -0.2) is 56.4 Å². The molecule has 0 spiro atoms. The zero-order chi connectivity index (χ0) is 30.3. The van der Waals surface area contributed by atoms with Crippen molar-refractivity contribution >= 4 is 71.6 Å². The smallest absolute Gasteiger partial charge is 0.154 e. The molecule has 0 aromatic carbocycles. The number of nitrogens with one attached hydrogen (secondary N) is 1. The number of hydrogen-bond donors (Lipinski definition) is 2. The molecule has 8 aromatic heterocycles. The number of anilines is 1. The minimum absolute atomic E-state index is 0.147. The Morgan fingerprint density at radius 2 is 1.29 bits per heavy atom. The number of rotatable bonds is 4. The van der Waals surface area contributed by atoms with Gasteiger partial charge in [-0.05, 0) is 85.0 Å². The molecule has 0 bridgehead atoms. The summed E-state index contributed by atoms with van der Waals surface area (Å²) in [6, 6.07) is 16.2. The van der Waals surface area contributed by atoms with Crippen LogP contribution in [0.25, 0.3) is 52.6 Å². The quantitative estimate of drug-likeness (QED) is 0.202. The Hall–Kier alpha value is -4.49. The molecule has 224 valence electrons. The van der Waals surface area contributed by atoms with Gasteiger partial charge in [0.05, 0.1) is 37.7 Å². The summed E-state index contributed by atoms with van der Waals surface area (Å²) < 4.78 is 5.97. The number of pyridine rings is 2. The molecular formula is C32H26ClN9OS2. The van der Waals surface area contributed by atoms with Gasteiger partial charge in [-0.3, -0.25) is 9.97 Å². The normalized spacial score (nSPS) is 16.8. The molecule has 13 heteroatoms. The van der Waals surface area contributed by atoms with Crippen molar-refractivity contribution in [3.63, 3.8) is 0 Å². The molecule has 45 heavy (non-hydrogen) atoms. The van der Waals surface area contributed by atoms with E-state index in [1.807, 2.05) is 65.8 Å². The zero-order valence-corrected chi connectivity index (χ0v) is 26.2. The van der Waals surface area contributed by atoms with Gasteiger partial charge in [-0.25, -0.2) is 19.0 Å². The lowest BCUT2D eigenvalue weighted by Gasteiger charge is -2.26. The summed E-state index contributed by atoms with van der Waals surface area (Å²) in [6.07, 6.45) is 14.6. The largest absolute Gasteiger partial charge is 0.393 e. The average molecular weight is 652 g/mol. The van der Waals surface area contributed by atoms with Gasteiger partial charge in [0.15, 0.2) is 11.3 Å². The zero-order valence-electron chi connectivity index (χ0n) is 23.8. The summed E-state index contributed by atoms with van der Waals surface area (Å²) in [6.45, 7) is 0. The van der Waals surface area contributed by atoms with Crippen LogP contribution in [0.3, 0.4) is 0 Å². The number of halogens is 1. The predicted molar refractivity (Wildman–Crippen MR) is 180 cm³/mol. The number of aliphatic hydroxyl groups is 1. The van der Waals surface area contributed by atoms with Gasteiger partial charge in [0, 0.05) is 30.8 Å². The molecule has 8 aromatic rings. The number of thiophene rings is 2. The second-order valence-electron chi connectivity index (χ2n) is 10.9. The fourth-order valence-corrected chi connectivity index (χ4v) is 7.78. The second-order valence-corrected chi connectivity index (χ2v) is 13.5. The van der Waals surface area contributed by atoms with Crippen LogP contribution in [0.4, 0.5) is 5.82 Å². The summed E-state index contributed by atoms with van der Waals surface area (Å²) in [7, 11) is 0. The van der Waals surface area contributed by atoms with Gasteiger partial charge < -0.3 is 10.4 Å². The number of hydrogen-bond acceptors (Lipinski definition) is 10. The highest BCUT2D eigenvalue weighted by Gasteiger charge is 2.20. The van der Waals surface area contributed by atoms with Gasteiger partial charge in [-0.2, -0.15) is 5.10 Å². The Balaban J connectivity index is 0.000000140. The fourth-order valence-electron chi connectivity index (χ4n) is 5.59. The number of aliphatic hydroxyl groups excluding tert-OH is 1. The van der Waals surface area contributed by atoms with Crippen molar-refractivity contribution in [1.82, 2.24) is 39.2 Å². The van der Waals surface area contributed by atoms with Crippen molar-refractivity contribution in [2.75, 3.05) is 5.32 Å². The van der Waals surface area contributed by atoms with E-state index in [-0.39, 0.29) is 6.10 Å². The van der Waals surface area contributed by atoms with Crippen molar-refractivity contribution in [2.45, 2.75) is 37.8 Å². The van der Waals surface area contributed by atoms with Crippen LogP contribution in [0.2, 0.25) is 5.15 Å². The monoisotopic (exact) mass is 651 g/mol. The van der Waals surface area contributed by atoms with E-state index in [1.54, 1.807) is 39.5 Å². The third-order valence-corrected chi connectivity index (χ3v) is 10.3. The van der Waals surface area contributed by atoms with Gasteiger partial charge in [-0.15, -0.1) is 27.8 Å². The van der Waals surface area contributed by atoms with Crippen molar-refractivity contribution in [1.29, 1.82) is 0 Å². The third-order valence-electron chi connectivity index (χ3n) is 7.89. The highest BCUT2D eigenvalue weighted by atomic mass is 35.5. The number of nitrogens with zero attached hydrogens (tertiary/aromatic N) is 8. The lowest BCUT2D eigenvalue weighted by molar-refractivity contribution is 0.126. The van der Waals surface area contributed by atoms with Crippen LogP contribution >= 0.6 is 34.3 Å². The molecule has 0 radical (unpaired) electrons. The first kappa shape index (κ1) is 28.0. The summed E-state index contributed by atoms with van der Waals surface area (Å²) in [5, 5.41) is 25.1. The molecule has 9 rings (SSSR count). The van der Waals surface area contributed by atoms with E-state index in [2.05, 4.69) is 42.5 Å². The molecule has 0 unspecified atom stereocenters. The maximum Gasteiger partial charge on any atom is 0.154 e. The van der Waals surface area contributed by atoms with Crippen LogP contribution in [-0.2, 0) is 0 Å². The van der Waals surface area contributed by atoms with E-state index < -0.39 is 0 Å². The summed E-state index contributed by atoms with van der Waals surface area (Å²) in [4.78, 5) is 19.4. The predicted octanol–water partition coefficient (Wildman–Crippen LogP) is 7.38. The lowest BCUT2D eigenvalue weighted by atomic mass is 9.93. The SMILES string of the molecule is Clc1ccc2ncc(-c3cc4ccncc4s3)n2n1.OC1CCC(Nc2ccc3ncc(-c4cc5ccncc5s4)n3n2)CC1. The summed E-state index contributed by atoms with van der Waals surface area (Å²) in [5.41, 5.74) is 3.55. The molecule has 1 aliphatic rings. The van der Waals surface area contributed by atoms with Crippen LogP contribution in [0.1, 0.15) is 25.7 Å². The first-order chi connectivity index (χ1) is 22.1. The Morgan fingerprint density at radius 3 is 1.89 bits per heavy atom. The second kappa shape index (κ2) is 11.8. The molecule has 0 atom stereocenters. The molecule has 0 aliphatic heterocycles. The average Bonchev–Trinajstić information content (AvgIpc) is 3.85. The summed E-state index contributed by atoms with van der Waals surface area (Å²) in [5.74, 6) is 0.848. The first-order valence-corrected chi connectivity index (χ1v) is 16.6. The molecule has 1 saturated carbocycles. The van der Waals surface area contributed by atoms with Crippen LogP contribution < -0.4 is 5.32 Å². The minimum atomic E-state index is -0.147. The van der Waals surface area contributed by atoms with Gasteiger partial charge in [0.1, 0.15) is 22.4 Å². The van der Waals surface area contributed by atoms with Crippen molar-refractivity contribution in [3.05, 3.63) is 90.9 Å². The molecule has 2 N–H and O–H groups in total. The number of fused-ring (bicyclic) bond motifs is 4. The molecule has 10 nitrogen and oxygen atoms in total. The van der Waals surface area contributed by atoms with E-state index in [0.29, 0.717) is 11.2 Å². The summed E-state index contributed by atoms with van der Waals surface area (Å²) >= 11 is 9.32. The third kappa shape index (κ3) is 5.61. The van der Waals surface area contributed by atoms with Gasteiger partial charge in [0.25, 0.3) is 0 Å². The first-order valence-electron chi connectivity index (χ1n) is 14.5. The Morgan fingerprint density at radius 1 is 0.711 bits per heavy atom. The van der Waals surface area contributed by atoms with Crippen molar-refractivity contribution in [3.8, 4) is 21.1 Å². The Bertz CT molecular complexity index is 2220. The van der Waals surface area contributed by atoms with E-state index in [4.69, 9.17) is 16.7 Å². The highest BCUT2D eigenvalue weighted by Crippen LogP contribution is 2.34. The molecule has 0 amide bonds. The van der Waals surface area contributed by atoms with Crippen molar-refractivity contribution < 1.29 is 5.11 Å². The van der Waals surface area contributed by atoms with Crippen LogP contribution in [0, 0.1) is 0 Å². The maximum atomic E-state index is 9.67. The molecule has 1 fully saturated rings. The van der Waals surface area contributed by atoms with E-state index >= 15 is 0 Å². The molecular weight excluding hydrogens is 626 g/mol. The highest BCUT2D eigenvalue weighted by molar-refractivity contribution is 7.22. The maximum absolute atomic E-state index is 9.67. The van der Waals surface area contributed by atoms with Crippen molar-refractivity contribution in [2.24, 2.45) is 0 Å². The number of aromatic nitrogens is 8. The van der Waals surface area contributed by atoms with E-state index in [9.17, 15) is 5.11 Å². The van der Waals surface area contributed by atoms with E-state index in [0.717, 1.165) is 73.3 Å². The lowest BCUT2D eigenvalue weighted by Crippen LogP contribution is -2.28. The Labute approximate surface area is 270 Å². The van der Waals surface area contributed by atoms with Gasteiger partial charge >= 0.3 is 0 Å².